The third-order valence-corrected chi connectivity index (χ3v) is 0.183. The van der Waals surface area contributed by atoms with Crippen LogP contribution in [0.5, 0.6) is 0 Å². The van der Waals surface area contributed by atoms with E-state index >= 15 is 0 Å². The topological polar surface area (TPSA) is 181 Å². The number of carboxylic acid groups (broad SMARTS) is 2. The number of hydrogen-bond acceptors (Lipinski definition) is 6. The summed E-state index contributed by atoms with van der Waals surface area (Å²) in [5, 5.41) is 14.8. The summed E-state index contributed by atoms with van der Waals surface area (Å²) in [4.78, 5) is 18.2. The fraction of sp³-hybridized carbons (Fsp3) is 0. The molecule has 6 N–H and O–H groups in total. The molecule has 0 heterocycles. The summed E-state index contributed by atoms with van der Waals surface area (Å²) in [5.41, 5.74) is 0. The van der Waals surface area contributed by atoms with Crippen LogP contribution in [-0.2, 0) is 34.1 Å². The zero-order valence-corrected chi connectivity index (χ0v) is 6.65. The average Bonchev–Trinajstić information content (AvgIpc) is 1.59. The van der Waals surface area contributed by atoms with Crippen LogP contribution in [0.25, 0.3) is 0 Å². The second kappa shape index (κ2) is 6.49. The first-order chi connectivity index (χ1) is 4.64. The summed E-state index contributed by atoms with van der Waals surface area (Å²) in [6.07, 6.45) is 0. The van der Waals surface area contributed by atoms with Gasteiger partial charge in [-0.1, -0.05) is 0 Å². The van der Waals surface area contributed by atoms with E-state index in [9.17, 15) is 0 Å². The van der Waals surface area contributed by atoms with Gasteiger partial charge in [0.2, 0.25) is 0 Å². The molecule has 0 radical (unpaired) electrons. The van der Waals surface area contributed by atoms with E-state index < -0.39 is 24.9 Å². The monoisotopic (exact) mass is 227 g/mol. The Hall–Kier alpha value is -1.22. The zero-order valence-electron chi connectivity index (χ0n) is 5.47. The molecule has 0 rings (SSSR count). The van der Waals surface area contributed by atoms with E-state index in [0.717, 1.165) is 0 Å². The molecule has 0 amide bonds. The molecule has 0 aromatic rings. The van der Waals surface area contributed by atoms with Gasteiger partial charge in [0.25, 0.3) is 0 Å². The minimum absolute atomic E-state index is 0. The molecule has 0 unspecified atom stereocenters. The van der Waals surface area contributed by atoms with Crippen LogP contribution in [0, 0.1) is 0 Å². The molecule has 0 fully saturated rings. The summed E-state index contributed by atoms with van der Waals surface area (Å²) in [5.74, 6) is -3.65. The Morgan fingerprint density at radius 1 is 0.917 bits per heavy atom. The molecule has 0 bridgehead atoms. The molecule has 12 heavy (non-hydrogen) atoms. The molecule has 10 heteroatoms. The number of rotatable bonds is 0. The molecular weight excluding hydrogens is 221 g/mol. The Labute approximate surface area is 67.4 Å². The van der Waals surface area contributed by atoms with E-state index in [1.165, 1.54) is 0 Å². The van der Waals surface area contributed by atoms with E-state index in [-0.39, 0.29) is 6.15 Å². The van der Waals surface area contributed by atoms with Crippen LogP contribution in [0.3, 0.4) is 0 Å². The van der Waals surface area contributed by atoms with Gasteiger partial charge in [-0.15, -0.1) is 0 Å². The molecule has 0 saturated carbocycles. The van der Waals surface area contributed by atoms with Crippen molar-refractivity contribution in [2.75, 3.05) is 0 Å². The Balaban J connectivity index is -0.000000126. The summed E-state index contributed by atoms with van der Waals surface area (Å²) < 4.78 is 33.1. The van der Waals surface area contributed by atoms with Gasteiger partial charge in [0.1, 0.15) is 0 Å². The van der Waals surface area contributed by atoms with Gasteiger partial charge in [-0.2, -0.15) is 0 Å². The summed E-state index contributed by atoms with van der Waals surface area (Å²) in [6.45, 7) is 0. The fourth-order valence-corrected chi connectivity index (χ4v) is 0. The van der Waals surface area contributed by atoms with Crippen molar-refractivity contribution < 1.29 is 48.5 Å². The van der Waals surface area contributed by atoms with E-state index in [1.54, 1.807) is 0 Å². The van der Waals surface area contributed by atoms with Gasteiger partial charge in [-0.05, 0) is 0 Å². The molecule has 0 aromatic carbocycles. The van der Waals surface area contributed by atoms with Crippen molar-refractivity contribution in [2.24, 2.45) is 0 Å². The van der Waals surface area contributed by atoms with Crippen LogP contribution < -0.4 is 6.15 Å². The van der Waals surface area contributed by atoms with Gasteiger partial charge in [-0.25, -0.2) is 9.59 Å². The Morgan fingerprint density at radius 3 is 1.00 bits per heavy atom. The summed E-state index contributed by atoms with van der Waals surface area (Å²) in [6, 6.07) is 0. The summed E-state index contributed by atoms with van der Waals surface area (Å²) >= 11 is -5.38. The molecule has 0 aliphatic carbocycles. The summed E-state index contributed by atoms with van der Waals surface area (Å²) in [7, 11) is 0. The van der Waals surface area contributed by atoms with Crippen LogP contribution in [0.2, 0.25) is 0 Å². The predicted molar refractivity (Wildman–Crippen MR) is 24.6 cm³/mol. The fourth-order valence-electron chi connectivity index (χ4n) is 0. The SMILES string of the molecule is N.O=C(O)C(=O)O.[O]=[Mn](=[O])(=[O])[OH]. The second-order valence-corrected chi connectivity index (χ2v) is 2.24. The van der Waals surface area contributed by atoms with E-state index in [1.807, 2.05) is 0 Å². The van der Waals surface area contributed by atoms with Gasteiger partial charge in [0, 0.05) is 0 Å². The molecule has 0 spiro atoms. The van der Waals surface area contributed by atoms with Crippen molar-refractivity contribution in [1.82, 2.24) is 6.15 Å². The van der Waals surface area contributed by atoms with Gasteiger partial charge in [-0.3, -0.25) is 0 Å². The van der Waals surface area contributed by atoms with Gasteiger partial charge in [0.05, 0.1) is 0 Å². The predicted octanol–water partition coefficient (Wildman–Crippen LogP) is -1.60. The number of carboxylic acids is 2. The first-order valence-electron chi connectivity index (χ1n) is 1.74. The normalized spacial score (nSPS) is 8.42. The second-order valence-electron chi connectivity index (χ2n) is 1.01. The average molecular weight is 227 g/mol. The van der Waals surface area contributed by atoms with Crippen molar-refractivity contribution >= 4 is 11.9 Å². The maximum atomic E-state index is 9.10. The molecule has 0 saturated heterocycles. The van der Waals surface area contributed by atoms with Crippen molar-refractivity contribution in [3.63, 3.8) is 0 Å². The van der Waals surface area contributed by atoms with Gasteiger partial charge >= 0.3 is 40.6 Å². The Bertz CT molecular complexity index is 267. The molecular formula is C2H6MnNO8. The molecule has 0 atom stereocenters. The third-order valence-electron chi connectivity index (χ3n) is 0.183. The first kappa shape index (κ1) is 17.0. The number of hydrogen-bond donors (Lipinski definition) is 4. The van der Waals surface area contributed by atoms with Crippen molar-refractivity contribution in [2.45, 2.75) is 0 Å². The van der Waals surface area contributed by atoms with Crippen molar-refractivity contribution in [3.8, 4) is 0 Å². The molecule has 74 valence electrons. The quantitative estimate of drug-likeness (QED) is 0.279. The number of aliphatic carboxylic acids is 2. The van der Waals surface area contributed by atoms with E-state index in [2.05, 4.69) is 0 Å². The standard InChI is InChI=1S/C2H2O4.Mn.H3N.H2O.3O/c3-1(4)2(5)6;;;;;;/h(H,3,4)(H,5,6);;1H3;1H2;;;/q;+1;;;;;/p-1. The van der Waals surface area contributed by atoms with Crippen LogP contribution >= 0.6 is 0 Å². The van der Waals surface area contributed by atoms with Crippen molar-refractivity contribution in [3.05, 3.63) is 0 Å². The molecule has 0 aliphatic heterocycles. The van der Waals surface area contributed by atoms with Gasteiger partial charge < -0.3 is 16.4 Å². The van der Waals surface area contributed by atoms with Crippen LogP contribution in [0.1, 0.15) is 0 Å². The first-order valence-corrected chi connectivity index (χ1v) is 3.71. The van der Waals surface area contributed by atoms with Crippen LogP contribution in [-0.4, -0.2) is 26.3 Å². The number of carbonyl (C=O) groups is 2. The van der Waals surface area contributed by atoms with Crippen LogP contribution in [0.4, 0.5) is 0 Å². The zero-order chi connectivity index (χ0) is 9.65. The maximum absolute atomic E-state index is 9.10. The van der Waals surface area contributed by atoms with E-state index in [4.69, 9.17) is 35.5 Å². The Kier molecular flexibility index (Phi) is 9.21. The molecule has 9 nitrogen and oxygen atoms in total. The minimum atomic E-state index is -5.38. The molecule has 0 aliphatic rings. The van der Waals surface area contributed by atoms with Gasteiger partial charge in [0.15, 0.2) is 0 Å². The van der Waals surface area contributed by atoms with Crippen LogP contribution in [0.15, 0.2) is 0 Å². The van der Waals surface area contributed by atoms with Crippen molar-refractivity contribution in [1.29, 1.82) is 0 Å². The van der Waals surface area contributed by atoms with E-state index in [0.29, 0.717) is 0 Å². The Morgan fingerprint density at radius 2 is 1.00 bits per heavy atom. The molecule has 0 aromatic heterocycles. The third kappa shape index (κ3) is 68.8.